The molecule has 2 aliphatic carbocycles. The summed E-state index contributed by atoms with van der Waals surface area (Å²) in [4.78, 5) is 12.2. The molecule has 5 unspecified atom stereocenters. The number of aliphatic hydroxyl groups excluding tert-OH is 1. The van der Waals surface area contributed by atoms with Crippen LogP contribution in [0.3, 0.4) is 0 Å². The summed E-state index contributed by atoms with van der Waals surface area (Å²) in [5.74, 6) is -0.304. The van der Waals surface area contributed by atoms with Crippen molar-refractivity contribution >= 4 is 6.03 Å². The molecule has 2 amide bonds. The van der Waals surface area contributed by atoms with Crippen molar-refractivity contribution in [1.82, 2.24) is 10.6 Å². The second-order valence-electron chi connectivity index (χ2n) is 6.71. The Labute approximate surface area is 134 Å². The second kappa shape index (κ2) is 6.43. The number of carbonyl (C=O) groups excluding carboxylic acids is 1. The Morgan fingerprint density at radius 3 is 2.78 bits per heavy atom. The van der Waals surface area contributed by atoms with Gasteiger partial charge in [0, 0.05) is 30.2 Å². The SMILES string of the molecule is CC(NC(=O)NC1C2CCC(C2)C1CO)c1ccc(F)cc1F. The van der Waals surface area contributed by atoms with Gasteiger partial charge in [-0.1, -0.05) is 6.07 Å². The van der Waals surface area contributed by atoms with E-state index in [1.807, 2.05) is 0 Å². The minimum Gasteiger partial charge on any atom is -0.396 e. The van der Waals surface area contributed by atoms with Gasteiger partial charge in [0.2, 0.25) is 0 Å². The number of urea groups is 1. The molecule has 126 valence electrons. The maximum atomic E-state index is 13.8. The molecule has 4 nitrogen and oxygen atoms in total. The second-order valence-corrected chi connectivity index (χ2v) is 6.71. The van der Waals surface area contributed by atoms with Crippen molar-refractivity contribution in [3.8, 4) is 0 Å². The Kier molecular flexibility index (Phi) is 4.53. The predicted molar refractivity (Wildman–Crippen MR) is 81.6 cm³/mol. The average Bonchev–Trinajstić information content (AvgIpc) is 3.07. The molecule has 1 aromatic rings. The van der Waals surface area contributed by atoms with Gasteiger partial charge in [-0.15, -0.1) is 0 Å². The first-order valence-corrected chi connectivity index (χ1v) is 8.12. The number of hydrogen-bond donors (Lipinski definition) is 3. The minimum absolute atomic E-state index is 0.0241. The first kappa shape index (κ1) is 16.2. The Balaban J connectivity index is 1.61. The largest absolute Gasteiger partial charge is 0.396 e. The van der Waals surface area contributed by atoms with Crippen LogP contribution >= 0.6 is 0 Å². The summed E-state index contributed by atoms with van der Waals surface area (Å²) in [5.41, 5.74) is 0.244. The molecule has 0 aliphatic heterocycles. The molecule has 3 N–H and O–H groups in total. The van der Waals surface area contributed by atoms with Crippen LogP contribution in [0.15, 0.2) is 18.2 Å². The highest BCUT2D eigenvalue weighted by molar-refractivity contribution is 5.75. The summed E-state index contributed by atoms with van der Waals surface area (Å²) in [5, 5.41) is 15.2. The first-order valence-electron chi connectivity index (χ1n) is 8.12. The van der Waals surface area contributed by atoms with E-state index in [1.54, 1.807) is 6.92 Å². The lowest BCUT2D eigenvalue weighted by molar-refractivity contribution is 0.144. The van der Waals surface area contributed by atoms with Gasteiger partial charge in [0.1, 0.15) is 11.6 Å². The van der Waals surface area contributed by atoms with Gasteiger partial charge in [0.15, 0.2) is 0 Å². The molecule has 2 bridgehead atoms. The molecular weight excluding hydrogens is 302 g/mol. The molecule has 3 rings (SSSR count). The quantitative estimate of drug-likeness (QED) is 0.797. The van der Waals surface area contributed by atoms with Crippen LogP contribution in [0.25, 0.3) is 0 Å². The van der Waals surface area contributed by atoms with Crippen molar-refractivity contribution < 1.29 is 18.7 Å². The van der Waals surface area contributed by atoms with E-state index in [0.29, 0.717) is 11.8 Å². The molecule has 6 heteroatoms. The minimum atomic E-state index is -0.675. The highest BCUT2D eigenvalue weighted by atomic mass is 19.1. The van der Waals surface area contributed by atoms with E-state index in [2.05, 4.69) is 10.6 Å². The van der Waals surface area contributed by atoms with Crippen molar-refractivity contribution in [2.24, 2.45) is 17.8 Å². The zero-order valence-corrected chi connectivity index (χ0v) is 13.1. The lowest BCUT2D eigenvalue weighted by Gasteiger charge is -2.31. The van der Waals surface area contributed by atoms with Crippen LogP contribution in [0, 0.1) is 29.4 Å². The number of amides is 2. The normalized spacial score (nSPS) is 30.3. The molecule has 0 saturated heterocycles. The van der Waals surface area contributed by atoms with Crippen LogP contribution in [0.2, 0.25) is 0 Å². The summed E-state index contributed by atoms with van der Waals surface area (Å²) in [7, 11) is 0. The summed E-state index contributed by atoms with van der Waals surface area (Å²) < 4.78 is 26.7. The molecular formula is C17H22F2N2O2. The van der Waals surface area contributed by atoms with Gasteiger partial charge in [-0.25, -0.2) is 13.6 Å². The number of fused-ring (bicyclic) bond motifs is 2. The van der Waals surface area contributed by atoms with E-state index in [9.17, 15) is 18.7 Å². The third-order valence-corrected chi connectivity index (χ3v) is 5.37. The van der Waals surface area contributed by atoms with Crippen molar-refractivity contribution in [2.75, 3.05) is 6.61 Å². The molecule has 5 atom stereocenters. The first-order chi connectivity index (χ1) is 11.0. The van der Waals surface area contributed by atoms with E-state index in [-0.39, 0.29) is 30.2 Å². The number of aliphatic hydroxyl groups is 1. The molecule has 1 aromatic carbocycles. The average molecular weight is 324 g/mol. The van der Waals surface area contributed by atoms with E-state index in [0.717, 1.165) is 25.3 Å². The van der Waals surface area contributed by atoms with Gasteiger partial charge in [0.05, 0.1) is 6.04 Å². The van der Waals surface area contributed by atoms with Crippen LogP contribution < -0.4 is 10.6 Å². The van der Waals surface area contributed by atoms with Crippen LogP contribution in [-0.2, 0) is 0 Å². The molecule has 0 radical (unpaired) electrons. The zero-order valence-electron chi connectivity index (χ0n) is 13.1. The van der Waals surface area contributed by atoms with E-state index >= 15 is 0 Å². The fraction of sp³-hybridized carbons (Fsp3) is 0.588. The smallest absolute Gasteiger partial charge is 0.315 e. The van der Waals surface area contributed by atoms with Crippen molar-refractivity contribution in [2.45, 2.75) is 38.3 Å². The van der Waals surface area contributed by atoms with Crippen molar-refractivity contribution in [1.29, 1.82) is 0 Å². The highest BCUT2D eigenvalue weighted by Crippen LogP contribution is 2.48. The van der Waals surface area contributed by atoms with Gasteiger partial charge in [-0.3, -0.25) is 0 Å². The van der Waals surface area contributed by atoms with Gasteiger partial charge >= 0.3 is 6.03 Å². The van der Waals surface area contributed by atoms with Crippen LogP contribution in [0.1, 0.15) is 37.8 Å². The highest BCUT2D eigenvalue weighted by Gasteiger charge is 2.47. The number of halogens is 2. The molecule has 0 spiro atoms. The third kappa shape index (κ3) is 3.17. The van der Waals surface area contributed by atoms with E-state index in [1.165, 1.54) is 12.1 Å². The number of benzene rings is 1. The molecule has 2 saturated carbocycles. The van der Waals surface area contributed by atoms with Crippen molar-refractivity contribution in [3.05, 3.63) is 35.4 Å². The molecule has 0 heterocycles. The van der Waals surface area contributed by atoms with Gasteiger partial charge < -0.3 is 15.7 Å². The summed E-state index contributed by atoms with van der Waals surface area (Å²) in [6.07, 6.45) is 3.25. The monoisotopic (exact) mass is 324 g/mol. The van der Waals surface area contributed by atoms with Gasteiger partial charge in [-0.05, 0) is 44.1 Å². The predicted octanol–water partition coefficient (Wildman–Crippen LogP) is 2.73. The topological polar surface area (TPSA) is 61.4 Å². The van der Waals surface area contributed by atoms with Crippen molar-refractivity contribution in [3.63, 3.8) is 0 Å². The van der Waals surface area contributed by atoms with Crippen LogP contribution in [0.5, 0.6) is 0 Å². The Bertz CT molecular complexity index is 596. The Morgan fingerprint density at radius 1 is 1.35 bits per heavy atom. The lowest BCUT2D eigenvalue weighted by Crippen LogP contribution is -2.49. The molecule has 2 fully saturated rings. The third-order valence-electron chi connectivity index (χ3n) is 5.37. The fourth-order valence-corrected chi connectivity index (χ4v) is 4.22. The fourth-order valence-electron chi connectivity index (χ4n) is 4.22. The van der Waals surface area contributed by atoms with Gasteiger partial charge in [0.25, 0.3) is 0 Å². The maximum Gasteiger partial charge on any atom is 0.315 e. The zero-order chi connectivity index (χ0) is 16.6. The number of carbonyl (C=O) groups is 1. The molecule has 23 heavy (non-hydrogen) atoms. The summed E-state index contributed by atoms with van der Waals surface area (Å²) >= 11 is 0. The standard InChI is InChI=1S/C17H22F2N2O2/c1-9(13-5-4-12(18)7-15(13)19)20-17(23)21-16-11-3-2-10(6-11)14(16)8-22/h4-5,7,9-11,14,16,22H,2-3,6,8H2,1H3,(H2,20,21,23). The number of hydrogen-bond acceptors (Lipinski definition) is 2. The molecule has 0 aromatic heterocycles. The van der Waals surface area contributed by atoms with E-state index in [4.69, 9.17) is 0 Å². The number of nitrogens with one attached hydrogen (secondary N) is 2. The maximum absolute atomic E-state index is 13.8. The lowest BCUT2D eigenvalue weighted by atomic mass is 9.85. The Hall–Kier alpha value is -1.69. The van der Waals surface area contributed by atoms with E-state index < -0.39 is 17.7 Å². The van der Waals surface area contributed by atoms with Crippen LogP contribution in [0.4, 0.5) is 13.6 Å². The summed E-state index contributed by atoms with van der Waals surface area (Å²) in [6.45, 7) is 1.73. The van der Waals surface area contributed by atoms with Gasteiger partial charge in [-0.2, -0.15) is 0 Å². The number of rotatable bonds is 4. The Morgan fingerprint density at radius 2 is 2.09 bits per heavy atom. The summed E-state index contributed by atoms with van der Waals surface area (Å²) in [6, 6.07) is 2.35. The molecule has 2 aliphatic rings. The van der Waals surface area contributed by atoms with Crippen LogP contribution in [-0.4, -0.2) is 23.8 Å².